The van der Waals surface area contributed by atoms with Gasteiger partial charge in [0.25, 0.3) is 5.91 Å². The molecule has 3 amide bonds. The number of halogens is 2. The van der Waals surface area contributed by atoms with Gasteiger partial charge in [0.2, 0.25) is 0 Å². The van der Waals surface area contributed by atoms with Crippen molar-refractivity contribution >= 4 is 43.8 Å². The van der Waals surface area contributed by atoms with Gasteiger partial charge in [-0.05, 0) is 6.42 Å². The number of rotatable bonds is 2. The highest BCUT2D eigenvalue weighted by Crippen LogP contribution is 2.29. The third-order valence-electron chi connectivity index (χ3n) is 1.90. The van der Waals surface area contributed by atoms with Gasteiger partial charge in [0, 0.05) is 0 Å². The van der Waals surface area contributed by atoms with E-state index in [1.54, 1.807) is 0 Å². The standard InChI is InChI=1S/C6H8Br2N2O2/c1-2-6(3(7)8)4(11)9-5(12)10-6/h3H,2H2,1H3,(H2,9,10,11,12)/t6-/m0/s1. The third-order valence-corrected chi connectivity index (χ3v) is 3.46. The SMILES string of the molecule is CC[C@@]1(C(Br)Br)NC(=O)NC1=O. The molecule has 0 aromatic rings. The summed E-state index contributed by atoms with van der Waals surface area (Å²) in [5.41, 5.74) is -0.850. The quantitative estimate of drug-likeness (QED) is 0.592. The number of alkyl halides is 2. The summed E-state index contributed by atoms with van der Waals surface area (Å²) < 4.78 is -0.256. The first-order chi connectivity index (χ1) is 5.53. The number of amides is 3. The van der Waals surface area contributed by atoms with Crippen molar-refractivity contribution in [1.29, 1.82) is 0 Å². The van der Waals surface area contributed by atoms with E-state index < -0.39 is 11.6 Å². The van der Waals surface area contributed by atoms with Crippen LogP contribution in [-0.4, -0.2) is 21.2 Å². The lowest BCUT2D eigenvalue weighted by molar-refractivity contribution is -0.123. The first kappa shape index (κ1) is 9.98. The predicted octanol–water partition coefficient (Wildman–Crippen LogP) is 1.09. The van der Waals surface area contributed by atoms with E-state index >= 15 is 0 Å². The Bertz CT molecular complexity index is 232. The summed E-state index contributed by atoms with van der Waals surface area (Å²) in [5, 5.41) is 4.76. The van der Waals surface area contributed by atoms with E-state index in [4.69, 9.17) is 0 Å². The lowest BCUT2D eigenvalue weighted by atomic mass is 10.00. The number of carbonyl (C=O) groups excluding carboxylic acids is 2. The van der Waals surface area contributed by atoms with Crippen LogP contribution in [0.4, 0.5) is 4.79 Å². The van der Waals surface area contributed by atoms with Crippen molar-refractivity contribution in [3.8, 4) is 0 Å². The number of hydrogen-bond acceptors (Lipinski definition) is 2. The summed E-state index contributed by atoms with van der Waals surface area (Å²) in [5.74, 6) is -0.297. The van der Waals surface area contributed by atoms with Crippen LogP contribution < -0.4 is 10.6 Å². The Morgan fingerprint density at radius 1 is 1.50 bits per heavy atom. The minimum Gasteiger partial charge on any atom is -0.321 e. The molecule has 0 bridgehead atoms. The van der Waals surface area contributed by atoms with Crippen molar-refractivity contribution in [1.82, 2.24) is 10.6 Å². The van der Waals surface area contributed by atoms with Gasteiger partial charge in [0.15, 0.2) is 0 Å². The average molecular weight is 300 g/mol. The van der Waals surface area contributed by atoms with Crippen molar-refractivity contribution in [3.05, 3.63) is 0 Å². The molecule has 0 aromatic heterocycles. The molecule has 0 radical (unpaired) electrons. The van der Waals surface area contributed by atoms with Gasteiger partial charge in [-0.15, -0.1) is 0 Å². The normalized spacial score (nSPS) is 29.0. The zero-order valence-electron chi connectivity index (χ0n) is 6.36. The fourth-order valence-corrected chi connectivity index (χ4v) is 2.35. The van der Waals surface area contributed by atoms with Crippen LogP contribution in [0.3, 0.4) is 0 Å². The molecular formula is C6H8Br2N2O2. The fourth-order valence-electron chi connectivity index (χ4n) is 1.06. The van der Waals surface area contributed by atoms with E-state index in [1.165, 1.54) is 0 Å². The van der Waals surface area contributed by atoms with E-state index in [-0.39, 0.29) is 9.64 Å². The second kappa shape index (κ2) is 3.33. The van der Waals surface area contributed by atoms with E-state index in [0.29, 0.717) is 6.42 Å². The molecule has 1 fully saturated rings. The number of nitrogens with one attached hydrogen (secondary N) is 2. The van der Waals surface area contributed by atoms with Gasteiger partial charge >= 0.3 is 6.03 Å². The fraction of sp³-hybridized carbons (Fsp3) is 0.667. The minimum atomic E-state index is -0.850. The van der Waals surface area contributed by atoms with Crippen LogP contribution in [0.15, 0.2) is 0 Å². The molecule has 0 unspecified atom stereocenters. The molecule has 0 aliphatic carbocycles. The monoisotopic (exact) mass is 298 g/mol. The van der Waals surface area contributed by atoms with E-state index in [2.05, 4.69) is 42.5 Å². The molecule has 1 heterocycles. The van der Waals surface area contributed by atoms with Crippen LogP contribution in [0.5, 0.6) is 0 Å². The lowest BCUT2D eigenvalue weighted by Gasteiger charge is -2.25. The molecule has 4 nitrogen and oxygen atoms in total. The van der Waals surface area contributed by atoms with Crippen molar-refractivity contribution in [2.75, 3.05) is 0 Å². The molecule has 0 aromatic carbocycles. The van der Waals surface area contributed by atoms with Crippen LogP contribution >= 0.6 is 31.9 Å². The summed E-state index contributed by atoms with van der Waals surface area (Å²) in [6.45, 7) is 1.83. The highest BCUT2D eigenvalue weighted by atomic mass is 79.9. The Labute approximate surface area is 86.7 Å². The van der Waals surface area contributed by atoms with E-state index in [0.717, 1.165) is 0 Å². The highest BCUT2D eigenvalue weighted by molar-refractivity contribution is 9.24. The zero-order chi connectivity index (χ0) is 9.35. The molecule has 0 saturated carbocycles. The first-order valence-electron chi connectivity index (χ1n) is 3.44. The van der Waals surface area contributed by atoms with Gasteiger partial charge in [-0.1, -0.05) is 38.8 Å². The molecule has 1 saturated heterocycles. The van der Waals surface area contributed by atoms with Gasteiger partial charge in [-0.2, -0.15) is 0 Å². The van der Waals surface area contributed by atoms with Crippen LogP contribution in [0.2, 0.25) is 0 Å². The van der Waals surface area contributed by atoms with Crippen molar-refractivity contribution in [3.63, 3.8) is 0 Å². The van der Waals surface area contributed by atoms with Crippen molar-refractivity contribution < 1.29 is 9.59 Å². The third kappa shape index (κ3) is 1.37. The summed E-state index contributed by atoms with van der Waals surface area (Å²) in [7, 11) is 0. The summed E-state index contributed by atoms with van der Waals surface area (Å²) >= 11 is 6.46. The Kier molecular flexibility index (Phi) is 2.77. The Balaban J connectivity index is 2.94. The molecule has 1 aliphatic heterocycles. The second-order valence-electron chi connectivity index (χ2n) is 2.53. The second-order valence-corrected chi connectivity index (χ2v) is 5.59. The van der Waals surface area contributed by atoms with Crippen LogP contribution in [0, 0.1) is 0 Å². The maximum absolute atomic E-state index is 11.3. The van der Waals surface area contributed by atoms with E-state index in [9.17, 15) is 9.59 Å². The smallest absolute Gasteiger partial charge is 0.321 e. The van der Waals surface area contributed by atoms with Crippen LogP contribution in [0.1, 0.15) is 13.3 Å². The molecule has 1 rings (SSSR count). The molecular weight excluding hydrogens is 292 g/mol. The Morgan fingerprint density at radius 3 is 2.25 bits per heavy atom. The molecule has 1 atom stereocenters. The van der Waals surface area contributed by atoms with Gasteiger partial charge < -0.3 is 5.32 Å². The first-order valence-corrected chi connectivity index (χ1v) is 5.28. The van der Waals surface area contributed by atoms with Gasteiger partial charge in [0.1, 0.15) is 9.28 Å². The molecule has 0 spiro atoms. The summed E-state index contributed by atoms with van der Waals surface area (Å²) in [4.78, 5) is 22.2. The number of imide groups is 1. The minimum absolute atomic E-state index is 0.256. The van der Waals surface area contributed by atoms with Gasteiger partial charge in [0.05, 0.1) is 0 Å². The molecule has 1 aliphatic rings. The van der Waals surface area contributed by atoms with Gasteiger partial charge in [-0.25, -0.2) is 4.79 Å². The molecule has 6 heteroatoms. The summed E-state index contributed by atoms with van der Waals surface area (Å²) in [6, 6.07) is -0.439. The van der Waals surface area contributed by atoms with Gasteiger partial charge in [-0.3, -0.25) is 10.1 Å². The maximum Gasteiger partial charge on any atom is 0.322 e. The Morgan fingerprint density at radius 2 is 2.08 bits per heavy atom. The maximum atomic E-state index is 11.3. The zero-order valence-corrected chi connectivity index (χ0v) is 9.53. The van der Waals surface area contributed by atoms with E-state index in [1.807, 2.05) is 6.92 Å². The highest BCUT2D eigenvalue weighted by Gasteiger charge is 2.48. The number of urea groups is 1. The lowest BCUT2D eigenvalue weighted by Crippen LogP contribution is -2.51. The number of hydrogen-bond donors (Lipinski definition) is 2. The average Bonchev–Trinajstić information content (AvgIpc) is 2.26. The molecule has 68 valence electrons. The van der Waals surface area contributed by atoms with Crippen LogP contribution in [0.25, 0.3) is 0 Å². The Hall–Kier alpha value is -0.100. The van der Waals surface area contributed by atoms with Crippen molar-refractivity contribution in [2.24, 2.45) is 0 Å². The number of carbonyl (C=O) groups is 2. The topological polar surface area (TPSA) is 58.2 Å². The van der Waals surface area contributed by atoms with Crippen molar-refractivity contribution in [2.45, 2.75) is 22.6 Å². The van der Waals surface area contributed by atoms with Crippen LogP contribution in [-0.2, 0) is 4.79 Å². The summed E-state index contributed by atoms with van der Waals surface area (Å²) in [6.07, 6.45) is 0.533. The molecule has 12 heavy (non-hydrogen) atoms. The predicted molar refractivity (Wildman–Crippen MR) is 51.3 cm³/mol. The molecule has 2 N–H and O–H groups in total. The largest absolute Gasteiger partial charge is 0.322 e.